The van der Waals surface area contributed by atoms with Crippen LogP contribution >= 0.6 is 0 Å². The maximum absolute atomic E-state index is 4.75. The molecule has 0 atom stereocenters. The quantitative estimate of drug-likeness (QED) is 0.505. The summed E-state index contributed by atoms with van der Waals surface area (Å²) in [5.74, 6) is 0. The van der Waals surface area contributed by atoms with Crippen LogP contribution in [0.1, 0.15) is 53.4 Å². The molecule has 0 bridgehead atoms. The predicted octanol–water partition coefficient (Wildman–Crippen LogP) is 5.53. The molecular formula is C18H25N. The van der Waals surface area contributed by atoms with Crippen molar-refractivity contribution in [2.24, 2.45) is 4.99 Å². The lowest BCUT2D eigenvalue weighted by Crippen LogP contribution is -2.11. The second kappa shape index (κ2) is 8.50. The van der Waals surface area contributed by atoms with Crippen molar-refractivity contribution < 1.29 is 0 Å². The molecule has 2 rings (SSSR count). The van der Waals surface area contributed by atoms with Gasteiger partial charge in [0, 0.05) is 11.4 Å². The van der Waals surface area contributed by atoms with E-state index >= 15 is 0 Å². The molecule has 1 nitrogen and oxygen atoms in total. The number of aliphatic imine (C=N–C) groups is 1. The summed E-state index contributed by atoms with van der Waals surface area (Å²) in [5, 5.41) is 0. The Morgan fingerprint density at radius 2 is 1.79 bits per heavy atom. The molecular weight excluding hydrogens is 230 g/mol. The summed E-state index contributed by atoms with van der Waals surface area (Å²) in [7, 11) is 0. The number of allylic oxidation sites excluding steroid dienone is 7. The van der Waals surface area contributed by atoms with Crippen molar-refractivity contribution in [3.8, 4) is 0 Å². The lowest BCUT2D eigenvalue weighted by molar-refractivity contribution is 0.728. The van der Waals surface area contributed by atoms with Gasteiger partial charge in [-0.25, -0.2) is 0 Å². The molecule has 2 aliphatic rings. The van der Waals surface area contributed by atoms with Gasteiger partial charge in [-0.2, -0.15) is 0 Å². The molecule has 0 radical (unpaired) electrons. The molecule has 0 N–H and O–H groups in total. The predicted molar refractivity (Wildman–Crippen MR) is 85.5 cm³/mol. The summed E-state index contributed by atoms with van der Waals surface area (Å²) in [4.78, 5) is 4.75. The topological polar surface area (TPSA) is 12.4 Å². The Balaban J connectivity index is 0.000000861. The first-order valence-electron chi connectivity index (χ1n) is 7.31. The lowest BCUT2D eigenvalue weighted by atomic mass is 9.89. The van der Waals surface area contributed by atoms with E-state index in [0.717, 1.165) is 12.1 Å². The van der Waals surface area contributed by atoms with Crippen LogP contribution in [0.4, 0.5) is 0 Å². The molecule has 1 aliphatic heterocycles. The molecule has 0 aromatic rings. The van der Waals surface area contributed by atoms with Gasteiger partial charge in [-0.3, -0.25) is 4.99 Å². The van der Waals surface area contributed by atoms with Gasteiger partial charge in [0.2, 0.25) is 0 Å². The van der Waals surface area contributed by atoms with Gasteiger partial charge in [-0.1, -0.05) is 26.0 Å². The molecule has 0 amide bonds. The number of nitrogens with zero attached hydrogens (tertiary/aromatic N) is 1. The monoisotopic (exact) mass is 255 g/mol. The van der Waals surface area contributed by atoms with Gasteiger partial charge in [-0.05, 0) is 68.9 Å². The van der Waals surface area contributed by atoms with E-state index in [4.69, 9.17) is 4.99 Å². The molecule has 0 saturated heterocycles. The Morgan fingerprint density at radius 1 is 1.05 bits per heavy atom. The third-order valence-electron chi connectivity index (χ3n) is 3.19. The van der Waals surface area contributed by atoms with Crippen LogP contribution in [0.3, 0.4) is 0 Å². The van der Waals surface area contributed by atoms with Gasteiger partial charge < -0.3 is 0 Å². The third kappa shape index (κ3) is 4.89. The zero-order chi connectivity index (χ0) is 14.1. The van der Waals surface area contributed by atoms with Crippen LogP contribution in [-0.4, -0.2) is 5.71 Å². The van der Waals surface area contributed by atoms with Crippen LogP contribution in [0.5, 0.6) is 0 Å². The van der Waals surface area contributed by atoms with Crippen molar-refractivity contribution in [3.05, 3.63) is 53.0 Å². The van der Waals surface area contributed by atoms with Crippen LogP contribution in [0.15, 0.2) is 57.9 Å². The first-order valence-corrected chi connectivity index (χ1v) is 7.31. The average molecular weight is 255 g/mol. The van der Waals surface area contributed by atoms with Gasteiger partial charge in [0.05, 0.1) is 0 Å². The number of hydrogen-bond donors (Lipinski definition) is 0. The van der Waals surface area contributed by atoms with Crippen molar-refractivity contribution in [3.63, 3.8) is 0 Å². The zero-order valence-corrected chi connectivity index (χ0v) is 12.7. The van der Waals surface area contributed by atoms with E-state index in [1.165, 1.54) is 36.1 Å². The summed E-state index contributed by atoms with van der Waals surface area (Å²) in [6.07, 6.45) is 14.9. The lowest BCUT2D eigenvalue weighted by Gasteiger charge is -2.19. The average Bonchev–Trinajstić information content (AvgIpc) is 2.47. The Labute approximate surface area is 117 Å². The van der Waals surface area contributed by atoms with Crippen molar-refractivity contribution >= 4 is 5.71 Å². The molecule has 0 spiro atoms. The van der Waals surface area contributed by atoms with E-state index in [0.29, 0.717) is 0 Å². The second-order valence-corrected chi connectivity index (χ2v) is 4.59. The van der Waals surface area contributed by atoms with Crippen molar-refractivity contribution in [1.29, 1.82) is 0 Å². The smallest absolute Gasteiger partial charge is 0.0441 e. The minimum atomic E-state index is 1.06. The molecule has 0 aromatic heterocycles. The maximum Gasteiger partial charge on any atom is 0.0441 e. The van der Waals surface area contributed by atoms with E-state index in [9.17, 15) is 0 Å². The fraction of sp³-hybridized carbons (Fsp3) is 0.444. The SMILES string of the molecule is CC.CC1=C2\CCCC\C2=N/C(C)=C/C=C=C\C=C\1. The molecule has 102 valence electrons. The van der Waals surface area contributed by atoms with Gasteiger partial charge in [0.15, 0.2) is 0 Å². The molecule has 1 fully saturated rings. The van der Waals surface area contributed by atoms with Crippen LogP contribution < -0.4 is 0 Å². The van der Waals surface area contributed by atoms with Crippen molar-refractivity contribution in [2.75, 3.05) is 0 Å². The summed E-state index contributed by atoms with van der Waals surface area (Å²) in [6.45, 7) is 8.24. The fourth-order valence-electron chi connectivity index (χ4n) is 2.26. The van der Waals surface area contributed by atoms with E-state index in [2.05, 4.69) is 31.7 Å². The molecule has 1 aliphatic carbocycles. The standard InChI is InChI=1S/C16H19N.C2H6/c1-13-9-5-3-4-6-10-14(2)17-16-12-8-7-11-15(13)16;1-2/h3,5-6,9-10H,7-8,11-12H2,1-2H3;1-2H3/b9-5+,14-10+,15-13-,17-16+;. The highest BCUT2D eigenvalue weighted by Gasteiger charge is 2.14. The Morgan fingerprint density at radius 3 is 2.58 bits per heavy atom. The number of rotatable bonds is 0. The molecule has 0 unspecified atom stereocenters. The Bertz CT molecular complexity index is 478. The van der Waals surface area contributed by atoms with Crippen molar-refractivity contribution in [1.82, 2.24) is 0 Å². The first-order chi connectivity index (χ1) is 9.27. The number of hydrogen-bond acceptors (Lipinski definition) is 1. The van der Waals surface area contributed by atoms with Crippen LogP contribution in [0.25, 0.3) is 0 Å². The highest BCUT2D eigenvalue weighted by atomic mass is 14.8. The minimum Gasteiger partial charge on any atom is -0.258 e. The van der Waals surface area contributed by atoms with E-state index < -0.39 is 0 Å². The first kappa shape index (κ1) is 15.5. The summed E-state index contributed by atoms with van der Waals surface area (Å²) < 4.78 is 0. The van der Waals surface area contributed by atoms with Crippen LogP contribution in [-0.2, 0) is 0 Å². The third-order valence-corrected chi connectivity index (χ3v) is 3.19. The summed E-state index contributed by atoms with van der Waals surface area (Å²) >= 11 is 0. The van der Waals surface area contributed by atoms with Gasteiger partial charge in [0.25, 0.3) is 0 Å². The molecule has 1 saturated carbocycles. The van der Waals surface area contributed by atoms with Crippen LogP contribution in [0, 0.1) is 0 Å². The second-order valence-electron chi connectivity index (χ2n) is 4.59. The van der Waals surface area contributed by atoms with Crippen molar-refractivity contribution in [2.45, 2.75) is 53.4 Å². The highest BCUT2D eigenvalue weighted by molar-refractivity contribution is 6.02. The zero-order valence-electron chi connectivity index (χ0n) is 12.7. The van der Waals surface area contributed by atoms with E-state index in [1.54, 1.807) is 0 Å². The Kier molecular flexibility index (Phi) is 6.92. The van der Waals surface area contributed by atoms with Gasteiger partial charge in [0.1, 0.15) is 0 Å². The van der Waals surface area contributed by atoms with Gasteiger partial charge >= 0.3 is 0 Å². The largest absolute Gasteiger partial charge is 0.258 e. The highest BCUT2D eigenvalue weighted by Crippen LogP contribution is 2.25. The molecule has 1 heterocycles. The minimum absolute atomic E-state index is 1.06. The molecule has 19 heavy (non-hydrogen) atoms. The van der Waals surface area contributed by atoms with E-state index in [-0.39, 0.29) is 0 Å². The molecule has 1 heteroatoms. The fourth-order valence-corrected chi connectivity index (χ4v) is 2.26. The molecule has 0 aromatic carbocycles. The number of fused-ring (bicyclic) bond motifs is 1. The van der Waals surface area contributed by atoms with Crippen LogP contribution in [0.2, 0.25) is 0 Å². The normalized spacial score (nSPS) is 29.7. The summed E-state index contributed by atoms with van der Waals surface area (Å²) in [6, 6.07) is 0. The Hall–Kier alpha value is -1.59. The maximum atomic E-state index is 4.75. The van der Waals surface area contributed by atoms with E-state index in [1.807, 2.05) is 32.1 Å². The van der Waals surface area contributed by atoms with Gasteiger partial charge in [-0.15, -0.1) is 5.73 Å². The summed E-state index contributed by atoms with van der Waals surface area (Å²) in [5.41, 5.74) is 8.24.